The molecule has 0 saturated carbocycles. The molecule has 2 rings (SSSR count). The van der Waals surface area contributed by atoms with Gasteiger partial charge in [0.1, 0.15) is 0 Å². The monoisotopic (exact) mass is 232 g/mol. The van der Waals surface area contributed by atoms with Gasteiger partial charge < -0.3 is 15.2 Å². The van der Waals surface area contributed by atoms with Crippen LogP contribution in [0.25, 0.3) is 11.0 Å². The lowest BCUT2D eigenvalue weighted by molar-refractivity contribution is 0.589. The van der Waals surface area contributed by atoms with Crippen LogP contribution in [0.3, 0.4) is 0 Å². The molecule has 0 atom stereocenters. The van der Waals surface area contributed by atoms with Crippen molar-refractivity contribution in [1.82, 2.24) is 15.3 Å². The number of nitrogens with one attached hydrogen (secondary N) is 2. The SMILES string of the molecule is CC(C)NCCN(C)c1ccc2nc[nH]c2c1. The van der Waals surface area contributed by atoms with Gasteiger partial charge in [-0.1, -0.05) is 13.8 Å². The predicted octanol–water partition coefficient (Wildman–Crippen LogP) is 2.00. The van der Waals surface area contributed by atoms with Crippen LogP contribution in [0.2, 0.25) is 0 Å². The number of hydrogen-bond donors (Lipinski definition) is 2. The molecule has 0 radical (unpaired) electrons. The molecule has 2 aromatic rings. The van der Waals surface area contributed by atoms with Gasteiger partial charge in [-0.15, -0.1) is 0 Å². The number of hydrogen-bond acceptors (Lipinski definition) is 3. The lowest BCUT2D eigenvalue weighted by Gasteiger charge is -2.20. The summed E-state index contributed by atoms with van der Waals surface area (Å²) in [7, 11) is 2.11. The summed E-state index contributed by atoms with van der Waals surface area (Å²) in [6.07, 6.45) is 1.73. The van der Waals surface area contributed by atoms with Crippen LogP contribution in [-0.4, -0.2) is 36.1 Å². The Balaban J connectivity index is 2.00. The van der Waals surface area contributed by atoms with Crippen LogP contribution in [0, 0.1) is 0 Å². The molecule has 0 bridgehead atoms. The molecule has 0 fully saturated rings. The largest absolute Gasteiger partial charge is 0.373 e. The van der Waals surface area contributed by atoms with E-state index in [1.807, 2.05) is 6.07 Å². The summed E-state index contributed by atoms with van der Waals surface area (Å²) in [4.78, 5) is 9.60. The maximum atomic E-state index is 4.22. The van der Waals surface area contributed by atoms with Gasteiger partial charge >= 0.3 is 0 Å². The molecule has 17 heavy (non-hydrogen) atoms. The molecule has 4 heteroatoms. The Morgan fingerprint density at radius 1 is 1.41 bits per heavy atom. The summed E-state index contributed by atoms with van der Waals surface area (Å²) in [5, 5.41) is 3.42. The standard InChI is InChI=1S/C13H20N4/c1-10(2)14-6-7-17(3)11-4-5-12-13(8-11)16-9-15-12/h4-5,8-10,14H,6-7H2,1-3H3,(H,15,16). The Morgan fingerprint density at radius 2 is 2.24 bits per heavy atom. The molecule has 1 aromatic carbocycles. The summed E-state index contributed by atoms with van der Waals surface area (Å²) < 4.78 is 0. The van der Waals surface area contributed by atoms with Crippen molar-refractivity contribution in [3.8, 4) is 0 Å². The highest BCUT2D eigenvalue weighted by Gasteiger charge is 2.03. The molecule has 92 valence electrons. The van der Waals surface area contributed by atoms with E-state index in [1.54, 1.807) is 6.33 Å². The summed E-state index contributed by atoms with van der Waals surface area (Å²) in [6.45, 7) is 6.32. The van der Waals surface area contributed by atoms with Crippen LogP contribution >= 0.6 is 0 Å². The van der Waals surface area contributed by atoms with Crippen molar-refractivity contribution in [2.75, 3.05) is 25.0 Å². The van der Waals surface area contributed by atoms with Crippen molar-refractivity contribution < 1.29 is 0 Å². The summed E-state index contributed by atoms with van der Waals surface area (Å²) >= 11 is 0. The average Bonchev–Trinajstić information content (AvgIpc) is 2.75. The maximum Gasteiger partial charge on any atom is 0.0931 e. The number of anilines is 1. The molecule has 4 nitrogen and oxygen atoms in total. The van der Waals surface area contributed by atoms with Gasteiger partial charge in [0.25, 0.3) is 0 Å². The number of H-pyrrole nitrogens is 1. The molecule has 0 aliphatic heterocycles. The number of likely N-dealkylation sites (N-methyl/N-ethyl adjacent to an activating group) is 1. The molecule has 1 heterocycles. The van der Waals surface area contributed by atoms with Crippen LogP contribution < -0.4 is 10.2 Å². The van der Waals surface area contributed by atoms with Gasteiger partial charge in [0.05, 0.1) is 17.4 Å². The summed E-state index contributed by atoms with van der Waals surface area (Å²) in [6, 6.07) is 6.84. The van der Waals surface area contributed by atoms with Crippen LogP contribution in [0.4, 0.5) is 5.69 Å². The molecule has 0 aliphatic rings. The fraction of sp³-hybridized carbons (Fsp3) is 0.462. The number of benzene rings is 1. The normalized spacial score (nSPS) is 11.3. The van der Waals surface area contributed by atoms with E-state index in [1.165, 1.54) is 5.69 Å². The molecule has 0 spiro atoms. The first kappa shape index (κ1) is 11.9. The third kappa shape index (κ3) is 2.97. The average molecular weight is 232 g/mol. The predicted molar refractivity (Wildman–Crippen MR) is 72.5 cm³/mol. The van der Waals surface area contributed by atoms with Crippen LogP contribution in [0.1, 0.15) is 13.8 Å². The second kappa shape index (κ2) is 5.19. The van der Waals surface area contributed by atoms with Gasteiger partial charge in [0.15, 0.2) is 0 Å². The number of imidazole rings is 1. The summed E-state index contributed by atoms with van der Waals surface area (Å²) in [5.74, 6) is 0. The quantitative estimate of drug-likeness (QED) is 0.828. The van der Waals surface area contributed by atoms with Gasteiger partial charge in [0.2, 0.25) is 0 Å². The molecule has 0 aliphatic carbocycles. The highest BCUT2D eigenvalue weighted by atomic mass is 15.1. The fourth-order valence-corrected chi connectivity index (χ4v) is 1.81. The van der Waals surface area contributed by atoms with E-state index in [0.29, 0.717) is 6.04 Å². The summed E-state index contributed by atoms with van der Waals surface area (Å²) in [5.41, 5.74) is 3.32. The van der Waals surface area contributed by atoms with Crippen molar-refractivity contribution in [2.45, 2.75) is 19.9 Å². The van der Waals surface area contributed by atoms with E-state index >= 15 is 0 Å². The lowest BCUT2D eigenvalue weighted by atomic mass is 10.2. The topological polar surface area (TPSA) is 44.0 Å². The minimum absolute atomic E-state index is 0.540. The highest BCUT2D eigenvalue weighted by Crippen LogP contribution is 2.18. The zero-order valence-corrected chi connectivity index (χ0v) is 10.7. The van der Waals surface area contributed by atoms with E-state index in [9.17, 15) is 0 Å². The molecule has 0 amide bonds. The van der Waals surface area contributed by atoms with Gasteiger partial charge in [-0.3, -0.25) is 0 Å². The van der Waals surface area contributed by atoms with E-state index in [2.05, 4.69) is 53.2 Å². The Kier molecular flexibility index (Phi) is 3.64. The zero-order chi connectivity index (χ0) is 12.3. The Morgan fingerprint density at radius 3 is 3.00 bits per heavy atom. The molecule has 0 unspecified atom stereocenters. The third-order valence-corrected chi connectivity index (χ3v) is 2.84. The lowest BCUT2D eigenvalue weighted by Crippen LogP contribution is -2.32. The van der Waals surface area contributed by atoms with Gasteiger partial charge in [-0.05, 0) is 18.2 Å². The number of fused-ring (bicyclic) bond motifs is 1. The minimum Gasteiger partial charge on any atom is -0.373 e. The van der Waals surface area contributed by atoms with Crippen molar-refractivity contribution >= 4 is 16.7 Å². The van der Waals surface area contributed by atoms with Gasteiger partial charge in [-0.2, -0.15) is 0 Å². The van der Waals surface area contributed by atoms with Crippen molar-refractivity contribution in [1.29, 1.82) is 0 Å². The van der Waals surface area contributed by atoms with Crippen molar-refractivity contribution in [3.05, 3.63) is 24.5 Å². The first-order valence-corrected chi connectivity index (χ1v) is 6.04. The number of aromatic amines is 1. The second-order valence-corrected chi connectivity index (χ2v) is 4.63. The zero-order valence-electron chi connectivity index (χ0n) is 10.7. The highest BCUT2D eigenvalue weighted by molar-refractivity contribution is 5.78. The van der Waals surface area contributed by atoms with Gasteiger partial charge in [0, 0.05) is 31.9 Å². The molecule has 0 saturated heterocycles. The van der Waals surface area contributed by atoms with Crippen LogP contribution in [0.5, 0.6) is 0 Å². The fourth-order valence-electron chi connectivity index (χ4n) is 1.81. The number of aromatic nitrogens is 2. The van der Waals surface area contributed by atoms with E-state index in [4.69, 9.17) is 0 Å². The minimum atomic E-state index is 0.540. The molecule has 1 aromatic heterocycles. The van der Waals surface area contributed by atoms with Crippen LogP contribution in [-0.2, 0) is 0 Å². The number of rotatable bonds is 5. The molecular weight excluding hydrogens is 212 g/mol. The first-order chi connectivity index (χ1) is 8.16. The Bertz CT molecular complexity index is 475. The van der Waals surface area contributed by atoms with E-state index in [-0.39, 0.29) is 0 Å². The van der Waals surface area contributed by atoms with E-state index < -0.39 is 0 Å². The Hall–Kier alpha value is -1.55. The van der Waals surface area contributed by atoms with Crippen molar-refractivity contribution in [2.24, 2.45) is 0 Å². The maximum absolute atomic E-state index is 4.22. The van der Waals surface area contributed by atoms with Gasteiger partial charge in [-0.25, -0.2) is 4.98 Å². The number of nitrogens with zero attached hydrogens (tertiary/aromatic N) is 2. The second-order valence-electron chi connectivity index (χ2n) is 4.63. The third-order valence-electron chi connectivity index (χ3n) is 2.84. The van der Waals surface area contributed by atoms with Crippen LogP contribution in [0.15, 0.2) is 24.5 Å². The smallest absolute Gasteiger partial charge is 0.0931 e. The molecule has 2 N–H and O–H groups in total. The first-order valence-electron chi connectivity index (χ1n) is 6.04. The van der Waals surface area contributed by atoms with E-state index in [0.717, 1.165) is 24.1 Å². The Labute approximate surface area is 102 Å². The molecular formula is C13H20N4. The van der Waals surface area contributed by atoms with Crippen molar-refractivity contribution in [3.63, 3.8) is 0 Å².